The molecule has 1 aromatic heterocycles. The van der Waals surface area contributed by atoms with Crippen LogP contribution in [-0.2, 0) is 0 Å². The van der Waals surface area contributed by atoms with E-state index in [1.54, 1.807) is 24.5 Å². The van der Waals surface area contributed by atoms with Crippen molar-refractivity contribution in [3.05, 3.63) is 46.4 Å². The van der Waals surface area contributed by atoms with Gasteiger partial charge in [0.05, 0.1) is 25.2 Å². The van der Waals surface area contributed by atoms with Crippen molar-refractivity contribution < 1.29 is 4.74 Å². The van der Waals surface area contributed by atoms with Crippen molar-refractivity contribution in [2.45, 2.75) is 6.04 Å². The van der Waals surface area contributed by atoms with Crippen LogP contribution in [0.2, 0.25) is 5.02 Å². The van der Waals surface area contributed by atoms with Gasteiger partial charge in [-0.25, -0.2) is 0 Å². The van der Waals surface area contributed by atoms with Crippen LogP contribution in [0.4, 0.5) is 0 Å². The highest BCUT2D eigenvalue weighted by atomic mass is 79.9. The highest BCUT2D eigenvalue weighted by molar-refractivity contribution is 9.12. The van der Waals surface area contributed by atoms with E-state index in [0.717, 1.165) is 23.2 Å². The topological polar surface area (TPSA) is 35.2 Å². The summed E-state index contributed by atoms with van der Waals surface area (Å²) in [6, 6.07) is 5.29. The minimum absolute atomic E-state index is 0.318. The average molecular weight is 490 g/mol. The van der Waals surface area contributed by atoms with Crippen LogP contribution in [0.15, 0.2) is 30.2 Å². The second-order valence-electron chi connectivity index (χ2n) is 3.77. The molecule has 0 bridgehead atoms. The number of nitrogens with two attached hydrogens (primary N) is 1. The maximum absolute atomic E-state index is 6.34. The molecule has 0 radical (unpaired) electrons. The Bertz CT molecular complexity index is 617. The summed E-state index contributed by atoms with van der Waals surface area (Å²) in [5.41, 5.74) is 8.17. The van der Waals surface area contributed by atoms with Gasteiger partial charge in [0.2, 0.25) is 0 Å². The Morgan fingerprint density at radius 1 is 1.21 bits per heavy atom. The van der Waals surface area contributed by atoms with Crippen molar-refractivity contribution >= 4 is 70.7 Å². The van der Waals surface area contributed by atoms with Crippen LogP contribution < -0.4 is 10.5 Å². The monoisotopic (exact) mass is 487 g/mol. The van der Waals surface area contributed by atoms with E-state index in [1.807, 2.05) is 12.1 Å². The van der Waals surface area contributed by atoms with E-state index in [9.17, 15) is 0 Å². The molecule has 0 fully saturated rings. The van der Waals surface area contributed by atoms with Crippen molar-refractivity contribution in [1.82, 2.24) is 0 Å². The number of methoxy groups -OCH3 is 1. The zero-order chi connectivity index (χ0) is 14.2. The second kappa shape index (κ2) is 6.45. The molecule has 7 heteroatoms. The number of ether oxygens (including phenoxy) is 1. The minimum Gasteiger partial charge on any atom is -0.495 e. The summed E-state index contributed by atoms with van der Waals surface area (Å²) >= 11 is 18.1. The fraction of sp³-hybridized carbons (Fsp3) is 0.167. The summed E-state index contributed by atoms with van der Waals surface area (Å²) in [6.45, 7) is 0. The number of rotatable bonds is 3. The van der Waals surface area contributed by atoms with Crippen LogP contribution in [0.3, 0.4) is 0 Å². The molecule has 2 N–H and O–H groups in total. The third-order valence-electron chi connectivity index (χ3n) is 2.59. The number of benzene rings is 1. The van der Waals surface area contributed by atoms with Gasteiger partial charge in [-0.2, -0.15) is 0 Å². The first-order chi connectivity index (χ1) is 8.93. The van der Waals surface area contributed by atoms with Crippen molar-refractivity contribution in [3.63, 3.8) is 0 Å². The van der Waals surface area contributed by atoms with Gasteiger partial charge in [-0.15, -0.1) is 11.3 Å². The van der Waals surface area contributed by atoms with E-state index in [1.165, 1.54) is 0 Å². The number of hydrogen-bond donors (Lipinski definition) is 1. The standard InChI is InChI=1S/C12H9Br3ClNOS/c1-18-11-6(2-5(16)3-8(11)13)10(17)7-4-9(14)19-12(7)15/h2-4,10H,17H2,1H3. The Kier molecular flexibility index (Phi) is 5.36. The largest absolute Gasteiger partial charge is 0.495 e. The molecule has 0 amide bonds. The second-order valence-corrected chi connectivity index (χ2v) is 8.81. The maximum atomic E-state index is 6.34. The molecule has 0 saturated carbocycles. The highest BCUT2D eigenvalue weighted by Gasteiger charge is 2.21. The Hall–Kier alpha value is 0.410. The first kappa shape index (κ1) is 15.8. The van der Waals surface area contributed by atoms with E-state index in [2.05, 4.69) is 47.8 Å². The van der Waals surface area contributed by atoms with Gasteiger partial charge in [-0.1, -0.05) is 11.6 Å². The van der Waals surface area contributed by atoms with Crippen molar-refractivity contribution in [2.75, 3.05) is 7.11 Å². The van der Waals surface area contributed by atoms with Gasteiger partial charge in [0.15, 0.2) is 0 Å². The summed E-state index contributed by atoms with van der Waals surface area (Å²) in [5.74, 6) is 0.700. The summed E-state index contributed by atoms with van der Waals surface area (Å²) in [6.07, 6.45) is 0. The van der Waals surface area contributed by atoms with Gasteiger partial charge in [-0.3, -0.25) is 0 Å². The Balaban J connectivity index is 2.55. The number of halogens is 4. The van der Waals surface area contributed by atoms with Crippen LogP contribution in [0, 0.1) is 0 Å². The number of hydrogen-bond acceptors (Lipinski definition) is 3. The van der Waals surface area contributed by atoms with Crippen LogP contribution in [0.1, 0.15) is 17.2 Å². The summed E-state index contributed by atoms with van der Waals surface area (Å²) in [5, 5.41) is 0.614. The fourth-order valence-corrected chi connectivity index (χ4v) is 5.68. The molecule has 0 aliphatic carbocycles. The van der Waals surface area contributed by atoms with Crippen molar-refractivity contribution in [3.8, 4) is 5.75 Å². The molecule has 0 saturated heterocycles. The molecule has 0 aliphatic rings. The lowest BCUT2D eigenvalue weighted by Crippen LogP contribution is -2.13. The average Bonchev–Trinajstić information content (AvgIpc) is 2.66. The van der Waals surface area contributed by atoms with Gasteiger partial charge < -0.3 is 10.5 Å². The molecule has 2 nitrogen and oxygen atoms in total. The van der Waals surface area contributed by atoms with Gasteiger partial charge in [0.25, 0.3) is 0 Å². The lowest BCUT2D eigenvalue weighted by Gasteiger charge is -2.17. The third-order valence-corrected chi connectivity index (χ3v) is 5.79. The molecule has 1 heterocycles. The predicted molar refractivity (Wildman–Crippen MR) is 91.5 cm³/mol. The zero-order valence-corrected chi connectivity index (χ0v) is 16.0. The molecule has 1 unspecified atom stereocenters. The Morgan fingerprint density at radius 2 is 1.89 bits per heavy atom. The van der Waals surface area contributed by atoms with E-state index >= 15 is 0 Å². The fourth-order valence-electron chi connectivity index (χ4n) is 1.76. The smallest absolute Gasteiger partial charge is 0.138 e. The molecule has 1 aromatic carbocycles. The molecule has 102 valence electrons. The van der Waals surface area contributed by atoms with Gasteiger partial charge in [0, 0.05) is 10.6 Å². The lowest BCUT2D eigenvalue weighted by atomic mass is 10.0. The summed E-state index contributed by atoms with van der Waals surface area (Å²) < 4.78 is 8.21. The molecular formula is C12H9Br3ClNOS. The maximum Gasteiger partial charge on any atom is 0.138 e. The van der Waals surface area contributed by atoms with Crippen LogP contribution >= 0.6 is 70.7 Å². The van der Waals surface area contributed by atoms with Crippen LogP contribution in [0.5, 0.6) is 5.75 Å². The van der Waals surface area contributed by atoms with E-state index < -0.39 is 0 Å². The van der Waals surface area contributed by atoms with Crippen LogP contribution in [0.25, 0.3) is 0 Å². The molecule has 1 atom stereocenters. The molecule has 2 rings (SSSR count). The van der Waals surface area contributed by atoms with E-state index in [0.29, 0.717) is 10.8 Å². The Labute approximate surface area is 145 Å². The van der Waals surface area contributed by atoms with E-state index in [4.69, 9.17) is 22.1 Å². The minimum atomic E-state index is -0.318. The lowest BCUT2D eigenvalue weighted by molar-refractivity contribution is 0.405. The number of thiophene rings is 1. The van der Waals surface area contributed by atoms with Crippen molar-refractivity contribution in [2.24, 2.45) is 5.73 Å². The molecular weight excluding hydrogens is 481 g/mol. The highest BCUT2D eigenvalue weighted by Crippen LogP contribution is 2.42. The third kappa shape index (κ3) is 3.36. The first-order valence-electron chi connectivity index (χ1n) is 5.17. The molecule has 2 aromatic rings. The van der Waals surface area contributed by atoms with Gasteiger partial charge in [-0.05, 0) is 71.6 Å². The molecule has 0 aliphatic heterocycles. The van der Waals surface area contributed by atoms with Gasteiger partial charge in [0.1, 0.15) is 5.75 Å². The van der Waals surface area contributed by atoms with Crippen LogP contribution in [-0.4, -0.2) is 7.11 Å². The Morgan fingerprint density at radius 3 is 2.42 bits per heavy atom. The molecule has 0 spiro atoms. The normalized spacial score (nSPS) is 12.5. The molecule has 19 heavy (non-hydrogen) atoms. The van der Waals surface area contributed by atoms with Gasteiger partial charge >= 0.3 is 0 Å². The summed E-state index contributed by atoms with van der Waals surface area (Å²) in [4.78, 5) is 0. The summed E-state index contributed by atoms with van der Waals surface area (Å²) in [7, 11) is 1.61. The first-order valence-corrected chi connectivity index (χ1v) is 8.74. The quantitative estimate of drug-likeness (QED) is 0.595. The van der Waals surface area contributed by atoms with E-state index in [-0.39, 0.29) is 6.04 Å². The zero-order valence-electron chi connectivity index (χ0n) is 9.72. The SMILES string of the molecule is COc1c(Br)cc(Cl)cc1C(N)c1cc(Br)sc1Br. The predicted octanol–water partition coefficient (Wildman–Crippen LogP) is 5.75. The van der Waals surface area contributed by atoms with Crippen molar-refractivity contribution in [1.29, 1.82) is 0 Å².